The molecule has 1 aromatic heterocycles. The van der Waals surface area contributed by atoms with Gasteiger partial charge in [-0.1, -0.05) is 6.07 Å². The zero-order valence-corrected chi connectivity index (χ0v) is 10.5. The predicted octanol–water partition coefficient (Wildman–Crippen LogP) is -0.404. The van der Waals surface area contributed by atoms with Gasteiger partial charge in [0.15, 0.2) is 0 Å². The number of rotatable bonds is 2. The van der Waals surface area contributed by atoms with Gasteiger partial charge in [-0.2, -0.15) is 0 Å². The number of H-pyrrole nitrogens is 2. The molecule has 0 saturated heterocycles. The van der Waals surface area contributed by atoms with Crippen LogP contribution in [-0.4, -0.2) is 19.6 Å². The number of aryl methyl sites for hydroxylation is 1. The number of hydrogen-bond acceptors (Lipinski definition) is 4. The third-order valence-electron chi connectivity index (χ3n) is 3.05. The number of aromatic nitrogens is 3. The van der Waals surface area contributed by atoms with Crippen molar-refractivity contribution in [3.05, 3.63) is 60.3 Å². The van der Waals surface area contributed by atoms with E-state index in [1.165, 1.54) is 0 Å². The molecule has 3 N–H and O–H groups in total. The molecule has 1 aromatic carbocycles. The van der Waals surface area contributed by atoms with Crippen LogP contribution in [0.3, 0.4) is 0 Å². The third-order valence-corrected chi connectivity index (χ3v) is 3.05. The summed E-state index contributed by atoms with van der Waals surface area (Å²) in [5.41, 5.74) is -0.299. The van der Waals surface area contributed by atoms with Crippen LogP contribution in [0.1, 0.15) is 16.7 Å². The quantitative estimate of drug-likeness (QED) is 0.684. The van der Waals surface area contributed by atoms with Gasteiger partial charge in [-0.25, -0.2) is 19.0 Å². The Bertz CT molecular complexity index is 764. The summed E-state index contributed by atoms with van der Waals surface area (Å²) in [6, 6.07) is 3.25. The molecule has 0 fully saturated rings. The maximum Gasteiger partial charge on any atom is 0.333 e. The number of aromatic hydroxyl groups is 1. The van der Waals surface area contributed by atoms with E-state index < -0.39 is 17.1 Å². The average molecular weight is 263 g/mol. The van der Waals surface area contributed by atoms with Gasteiger partial charge in [0.25, 0.3) is 0 Å². The first-order valence-corrected chi connectivity index (χ1v) is 5.61. The molecule has 7 heteroatoms. The molecule has 0 unspecified atom stereocenters. The van der Waals surface area contributed by atoms with Crippen LogP contribution in [0.25, 0.3) is 0 Å². The SMILES string of the molecule is Cc1ccc(O)c(C)c1Cn1c(=O)[nH]c(=O)[nH]c1=O. The first-order chi connectivity index (χ1) is 8.90. The van der Waals surface area contributed by atoms with E-state index in [0.717, 1.165) is 10.1 Å². The molecule has 0 aliphatic rings. The van der Waals surface area contributed by atoms with E-state index in [1.54, 1.807) is 19.1 Å². The van der Waals surface area contributed by atoms with Crippen LogP contribution in [0, 0.1) is 13.8 Å². The van der Waals surface area contributed by atoms with Crippen LogP contribution in [0.15, 0.2) is 26.5 Å². The molecule has 0 amide bonds. The lowest BCUT2D eigenvalue weighted by atomic mass is 10.0. The highest BCUT2D eigenvalue weighted by atomic mass is 16.3. The average Bonchev–Trinajstić information content (AvgIpc) is 2.32. The fraction of sp³-hybridized carbons (Fsp3) is 0.250. The van der Waals surface area contributed by atoms with Crippen molar-refractivity contribution in [2.45, 2.75) is 20.4 Å². The van der Waals surface area contributed by atoms with Crippen molar-refractivity contribution >= 4 is 0 Å². The topological polar surface area (TPSA) is 108 Å². The summed E-state index contributed by atoms with van der Waals surface area (Å²) in [7, 11) is 0. The van der Waals surface area contributed by atoms with Crippen LogP contribution in [0.5, 0.6) is 5.75 Å². The number of nitrogens with zero attached hydrogens (tertiary/aromatic N) is 1. The van der Waals surface area contributed by atoms with E-state index in [-0.39, 0.29) is 12.3 Å². The maximum atomic E-state index is 11.6. The number of hydrogen-bond donors (Lipinski definition) is 3. The predicted molar refractivity (Wildman–Crippen MR) is 68.6 cm³/mol. The highest BCUT2D eigenvalue weighted by Gasteiger charge is 2.10. The molecule has 0 aliphatic carbocycles. The van der Waals surface area contributed by atoms with Gasteiger partial charge >= 0.3 is 17.1 Å². The van der Waals surface area contributed by atoms with Crippen molar-refractivity contribution in [1.82, 2.24) is 14.5 Å². The van der Waals surface area contributed by atoms with Gasteiger partial charge in [-0.05, 0) is 36.6 Å². The second-order valence-electron chi connectivity index (χ2n) is 4.28. The Balaban J connectivity index is 2.61. The van der Waals surface area contributed by atoms with E-state index in [1.807, 2.05) is 16.9 Å². The molecule has 0 radical (unpaired) electrons. The van der Waals surface area contributed by atoms with Crippen molar-refractivity contribution < 1.29 is 5.11 Å². The smallest absolute Gasteiger partial charge is 0.333 e. The van der Waals surface area contributed by atoms with Crippen LogP contribution >= 0.6 is 0 Å². The molecule has 19 heavy (non-hydrogen) atoms. The minimum absolute atomic E-state index is 0.0169. The summed E-state index contributed by atoms with van der Waals surface area (Å²) in [6.45, 7) is 3.49. The standard InChI is InChI=1S/C12H13N3O4/c1-6-3-4-9(16)7(2)8(6)5-15-11(18)13-10(17)14-12(15)19/h3-4,16H,5H2,1-2H3,(H2,13,14,17,18,19). The number of phenolic OH excluding ortho intramolecular Hbond substituents is 1. The largest absolute Gasteiger partial charge is 0.508 e. The number of aromatic amines is 2. The molecule has 0 aliphatic heterocycles. The van der Waals surface area contributed by atoms with E-state index in [0.29, 0.717) is 11.1 Å². The van der Waals surface area contributed by atoms with Crippen molar-refractivity contribution in [2.24, 2.45) is 0 Å². The van der Waals surface area contributed by atoms with Crippen LogP contribution in [0.2, 0.25) is 0 Å². The Hall–Kier alpha value is -2.57. The zero-order valence-electron chi connectivity index (χ0n) is 10.5. The normalized spacial score (nSPS) is 10.6. The molecule has 2 aromatic rings. The lowest BCUT2D eigenvalue weighted by Crippen LogP contribution is -2.43. The van der Waals surface area contributed by atoms with E-state index >= 15 is 0 Å². The van der Waals surface area contributed by atoms with Crippen molar-refractivity contribution in [3.63, 3.8) is 0 Å². The molecule has 0 spiro atoms. The molecule has 100 valence electrons. The Labute approximate surface area is 107 Å². The Morgan fingerprint density at radius 2 is 1.68 bits per heavy atom. The first-order valence-electron chi connectivity index (χ1n) is 5.61. The van der Waals surface area contributed by atoms with E-state index in [9.17, 15) is 19.5 Å². The van der Waals surface area contributed by atoms with Gasteiger partial charge in [-0.3, -0.25) is 9.97 Å². The van der Waals surface area contributed by atoms with Gasteiger partial charge in [0.1, 0.15) is 5.75 Å². The fourth-order valence-corrected chi connectivity index (χ4v) is 1.88. The Morgan fingerprint density at radius 1 is 1.11 bits per heavy atom. The zero-order chi connectivity index (χ0) is 14.2. The van der Waals surface area contributed by atoms with Crippen LogP contribution in [0.4, 0.5) is 0 Å². The highest BCUT2D eigenvalue weighted by molar-refractivity contribution is 5.43. The lowest BCUT2D eigenvalue weighted by Gasteiger charge is -2.11. The minimum Gasteiger partial charge on any atom is -0.508 e. The van der Waals surface area contributed by atoms with Crippen molar-refractivity contribution in [3.8, 4) is 5.75 Å². The van der Waals surface area contributed by atoms with Crippen LogP contribution in [-0.2, 0) is 6.54 Å². The van der Waals surface area contributed by atoms with Crippen LogP contribution < -0.4 is 17.1 Å². The second-order valence-corrected chi connectivity index (χ2v) is 4.28. The summed E-state index contributed by atoms with van der Waals surface area (Å²) in [4.78, 5) is 38.1. The van der Waals surface area contributed by atoms with Gasteiger partial charge < -0.3 is 5.11 Å². The lowest BCUT2D eigenvalue weighted by molar-refractivity contribution is 0.469. The van der Waals surface area contributed by atoms with Gasteiger partial charge in [-0.15, -0.1) is 0 Å². The van der Waals surface area contributed by atoms with Crippen molar-refractivity contribution in [1.29, 1.82) is 0 Å². The summed E-state index contributed by atoms with van der Waals surface area (Å²) >= 11 is 0. The Kier molecular flexibility index (Phi) is 3.12. The third kappa shape index (κ3) is 2.35. The second kappa shape index (κ2) is 4.60. The molecule has 2 rings (SSSR count). The number of phenols is 1. The van der Waals surface area contributed by atoms with Crippen molar-refractivity contribution in [2.75, 3.05) is 0 Å². The summed E-state index contributed by atoms with van der Waals surface area (Å²) in [5, 5.41) is 9.65. The number of benzene rings is 1. The monoisotopic (exact) mass is 263 g/mol. The molecule has 0 saturated carbocycles. The highest BCUT2D eigenvalue weighted by Crippen LogP contribution is 2.23. The minimum atomic E-state index is -0.837. The molecular formula is C12H13N3O4. The summed E-state index contributed by atoms with van der Waals surface area (Å²) < 4.78 is 0.871. The van der Waals surface area contributed by atoms with E-state index in [4.69, 9.17) is 0 Å². The molecular weight excluding hydrogens is 250 g/mol. The molecule has 0 bridgehead atoms. The number of nitrogens with one attached hydrogen (secondary N) is 2. The van der Waals surface area contributed by atoms with Gasteiger partial charge in [0.05, 0.1) is 6.54 Å². The van der Waals surface area contributed by atoms with Gasteiger partial charge in [0.2, 0.25) is 0 Å². The van der Waals surface area contributed by atoms with E-state index in [2.05, 4.69) is 0 Å². The maximum absolute atomic E-state index is 11.6. The fourth-order valence-electron chi connectivity index (χ4n) is 1.88. The first kappa shape index (κ1) is 12.9. The summed E-state index contributed by atoms with van der Waals surface area (Å²) in [6.07, 6.45) is 0. The Morgan fingerprint density at radius 3 is 2.26 bits per heavy atom. The van der Waals surface area contributed by atoms with Gasteiger partial charge in [0, 0.05) is 0 Å². The molecule has 0 atom stereocenters. The molecule has 7 nitrogen and oxygen atoms in total. The summed E-state index contributed by atoms with van der Waals surface area (Å²) in [5.74, 6) is 0.0921. The molecule has 1 heterocycles.